The molecule has 1 aromatic rings. The van der Waals surface area contributed by atoms with E-state index in [2.05, 4.69) is 12.1 Å². The number of nitrogens with two attached hydrogens (primary N) is 2. The van der Waals surface area contributed by atoms with Crippen molar-refractivity contribution in [3.63, 3.8) is 0 Å². The molecule has 5 heteroatoms. The van der Waals surface area contributed by atoms with E-state index in [1.807, 2.05) is 18.2 Å². The predicted octanol–water partition coefficient (Wildman–Crippen LogP) is 2.24. The van der Waals surface area contributed by atoms with Gasteiger partial charge in [-0.15, -0.1) is 0 Å². The average molecular weight is 416 g/mol. The molecule has 0 spiro atoms. The Hall–Kier alpha value is 0.408. The Kier molecular flexibility index (Phi) is 10.2. The number of benzene rings is 1. The summed E-state index contributed by atoms with van der Waals surface area (Å²) in [7, 11) is 9.75. The van der Waals surface area contributed by atoms with Crippen LogP contribution in [0.4, 0.5) is 0 Å². The van der Waals surface area contributed by atoms with Crippen LogP contribution >= 0.6 is 18.8 Å². The molecular weight excluding hydrogens is 402 g/mol. The second-order valence-electron chi connectivity index (χ2n) is 2.73. The maximum absolute atomic E-state index is 5.42. The molecule has 0 unspecified atom stereocenters. The van der Waals surface area contributed by atoms with Crippen LogP contribution in [0.2, 0.25) is 0 Å². The Morgan fingerprint density at radius 1 is 1.14 bits per heavy atom. The molecule has 4 N–H and O–H groups in total. The fourth-order valence-electron chi connectivity index (χ4n) is 0.978. The van der Waals surface area contributed by atoms with Gasteiger partial charge in [-0.3, -0.25) is 0 Å². The van der Waals surface area contributed by atoms with Crippen molar-refractivity contribution in [2.75, 3.05) is 0 Å². The van der Waals surface area contributed by atoms with Gasteiger partial charge in [0.25, 0.3) is 0 Å². The molecule has 1 aromatic carbocycles. The Morgan fingerprint density at radius 3 is 2.07 bits per heavy atom. The van der Waals surface area contributed by atoms with Crippen molar-refractivity contribution in [1.29, 1.82) is 0 Å². The van der Waals surface area contributed by atoms with Crippen LogP contribution in [0.1, 0.15) is 12.0 Å². The fourth-order valence-corrected chi connectivity index (χ4v) is 0.978. The van der Waals surface area contributed by atoms with Gasteiger partial charge in [-0.05, 0) is 18.4 Å². The molecule has 0 aliphatic carbocycles. The third-order valence-electron chi connectivity index (χ3n) is 1.61. The molecule has 0 fully saturated rings. The van der Waals surface area contributed by atoms with Gasteiger partial charge in [-0.2, -0.15) is 0 Å². The molecule has 0 aliphatic rings. The van der Waals surface area contributed by atoms with Crippen LogP contribution in [0.25, 0.3) is 0 Å². The van der Waals surface area contributed by atoms with Crippen LogP contribution < -0.4 is 11.5 Å². The number of rotatable bonds is 3. The zero-order valence-corrected chi connectivity index (χ0v) is 11.4. The number of hydrogen-bond acceptors (Lipinski definition) is 2. The SMILES string of the molecule is NC(N)CCc1ccccc1.[Cl][Pt][Cl]. The van der Waals surface area contributed by atoms with E-state index in [1.54, 1.807) is 0 Å². The number of hydrogen-bond donors (Lipinski definition) is 2. The molecule has 0 amide bonds. The van der Waals surface area contributed by atoms with Crippen molar-refractivity contribution in [2.45, 2.75) is 19.0 Å². The van der Waals surface area contributed by atoms with E-state index >= 15 is 0 Å². The van der Waals surface area contributed by atoms with E-state index in [1.165, 1.54) is 5.56 Å². The van der Waals surface area contributed by atoms with E-state index in [4.69, 9.17) is 30.3 Å². The first-order chi connectivity index (χ1) is 6.70. The molecule has 0 saturated carbocycles. The van der Waals surface area contributed by atoms with Crippen molar-refractivity contribution >= 4 is 18.8 Å². The van der Waals surface area contributed by atoms with Crippen LogP contribution in [0.15, 0.2) is 30.3 Å². The quantitative estimate of drug-likeness (QED) is 0.743. The van der Waals surface area contributed by atoms with Gasteiger partial charge in [0, 0.05) is 0 Å². The van der Waals surface area contributed by atoms with Crippen LogP contribution in [0.3, 0.4) is 0 Å². The zero-order chi connectivity index (χ0) is 10.8. The van der Waals surface area contributed by atoms with Gasteiger partial charge in [0.2, 0.25) is 0 Å². The molecule has 84 valence electrons. The maximum atomic E-state index is 5.42. The Balaban J connectivity index is 0.000000500. The number of aryl methyl sites for hydroxylation is 1. The summed E-state index contributed by atoms with van der Waals surface area (Å²) in [4.78, 5) is 0. The van der Waals surface area contributed by atoms with E-state index in [0.717, 1.165) is 12.8 Å². The average Bonchev–Trinajstić information content (AvgIpc) is 2.18. The standard InChI is InChI=1S/C9H14N2.2ClH.Pt/c10-9(11)7-6-8-4-2-1-3-5-8;;;/h1-5,9H,6-7,10-11H2;2*1H;/q;;;+2/p-2. The van der Waals surface area contributed by atoms with Gasteiger partial charge in [-0.1, -0.05) is 30.3 Å². The molecule has 0 heterocycles. The minimum atomic E-state index is -0.472. The normalized spacial score (nSPS) is 9.79. The summed E-state index contributed by atoms with van der Waals surface area (Å²) in [6, 6.07) is 10.2. The topological polar surface area (TPSA) is 52.0 Å². The third kappa shape index (κ3) is 8.98. The van der Waals surface area contributed by atoms with Crippen LogP contribution in [0, 0.1) is 0 Å². The third-order valence-corrected chi connectivity index (χ3v) is 1.61. The van der Waals surface area contributed by atoms with E-state index in [9.17, 15) is 0 Å². The molecule has 1 rings (SSSR count). The van der Waals surface area contributed by atoms with Gasteiger partial charge < -0.3 is 11.5 Å². The van der Waals surface area contributed by atoms with Gasteiger partial charge in [0.15, 0.2) is 0 Å². The Labute approximate surface area is 101 Å². The molecule has 14 heavy (non-hydrogen) atoms. The summed E-state index contributed by atoms with van der Waals surface area (Å²) in [5, 5.41) is 0. The molecule has 0 radical (unpaired) electrons. The number of halogens is 2. The monoisotopic (exact) mass is 415 g/mol. The van der Waals surface area contributed by atoms with Gasteiger partial charge in [-0.25, -0.2) is 0 Å². The van der Waals surface area contributed by atoms with Crippen molar-refractivity contribution in [3.05, 3.63) is 35.9 Å². The summed E-state index contributed by atoms with van der Waals surface area (Å²) < 4.78 is 0. The molecule has 0 atom stereocenters. The second kappa shape index (κ2) is 9.94. The van der Waals surface area contributed by atoms with Gasteiger partial charge in [0.1, 0.15) is 0 Å². The van der Waals surface area contributed by atoms with Crippen molar-refractivity contribution in [3.8, 4) is 0 Å². The molecule has 0 aromatic heterocycles. The predicted molar refractivity (Wildman–Crippen MR) is 58.6 cm³/mol. The van der Waals surface area contributed by atoms with E-state index in [0.29, 0.717) is 0 Å². The summed E-state index contributed by atoms with van der Waals surface area (Å²) in [5.74, 6) is 0. The summed E-state index contributed by atoms with van der Waals surface area (Å²) in [5.41, 5.74) is 12.1. The molecule has 0 aliphatic heterocycles. The zero-order valence-electron chi connectivity index (χ0n) is 7.61. The molecule has 0 bridgehead atoms. The van der Waals surface area contributed by atoms with Crippen LogP contribution in [-0.2, 0) is 22.9 Å². The summed E-state index contributed by atoms with van der Waals surface area (Å²) in [6.45, 7) is 0. The Bertz CT molecular complexity index is 219. The van der Waals surface area contributed by atoms with Crippen LogP contribution in [0.5, 0.6) is 0 Å². The van der Waals surface area contributed by atoms with Gasteiger partial charge in [0.05, 0.1) is 6.17 Å². The van der Waals surface area contributed by atoms with E-state index in [-0.39, 0.29) is 6.17 Å². The van der Waals surface area contributed by atoms with Crippen molar-refractivity contribution in [2.24, 2.45) is 11.5 Å². The first-order valence-electron chi connectivity index (χ1n) is 4.08. The summed E-state index contributed by atoms with van der Waals surface area (Å²) in [6.07, 6.45) is 1.64. The van der Waals surface area contributed by atoms with Gasteiger partial charge >= 0.3 is 35.3 Å². The Morgan fingerprint density at radius 2 is 1.64 bits per heavy atom. The second-order valence-corrected chi connectivity index (χ2v) is 6.02. The van der Waals surface area contributed by atoms with Crippen molar-refractivity contribution < 1.29 is 16.5 Å². The fraction of sp³-hybridized carbons (Fsp3) is 0.333. The molecule has 2 nitrogen and oxygen atoms in total. The minimum absolute atomic E-state index is 0.185. The first-order valence-corrected chi connectivity index (χ1v) is 9.71. The summed E-state index contributed by atoms with van der Waals surface area (Å²) >= 11 is -0.472. The van der Waals surface area contributed by atoms with Crippen LogP contribution in [-0.4, -0.2) is 6.17 Å². The molecular formula is C9H14Cl2N2Pt. The van der Waals surface area contributed by atoms with E-state index < -0.39 is 16.5 Å². The molecule has 0 saturated heterocycles. The van der Waals surface area contributed by atoms with Crippen molar-refractivity contribution in [1.82, 2.24) is 0 Å². The first kappa shape index (κ1) is 14.4.